The topological polar surface area (TPSA) is 34.8 Å². The normalized spacial score (nSPS) is 12.9. The van der Waals surface area contributed by atoms with Crippen LogP contribution in [0.1, 0.15) is 30.6 Å². The second-order valence-corrected chi connectivity index (χ2v) is 4.36. The largest absolute Gasteiger partial charge is 0.348 e. The van der Waals surface area contributed by atoms with Gasteiger partial charge in [0.15, 0.2) is 0 Å². The highest BCUT2D eigenvalue weighted by molar-refractivity contribution is 5.16. The van der Waals surface area contributed by atoms with Gasteiger partial charge in [0.2, 0.25) is 0 Å². The molecular weight excluding hydrogens is 212 g/mol. The summed E-state index contributed by atoms with van der Waals surface area (Å²) in [5.41, 5.74) is 2.56. The number of hydrogen-bond donors (Lipinski definition) is 1. The maximum atomic E-state index is 4.13. The second kappa shape index (κ2) is 5.19. The predicted molar refractivity (Wildman–Crippen MR) is 68.8 cm³/mol. The first kappa shape index (κ1) is 11.9. The van der Waals surface area contributed by atoms with E-state index in [1.807, 2.05) is 26.6 Å². The molecule has 1 unspecified atom stereocenters. The summed E-state index contributed by atoms with van der Waals surface area (Å²) < 4.78 is 4.25. The quantitative estimate of drug-likeness (QED) is 0.855. The Morgan fingerprint density at radius 1 is 1.47 bits per heavy atom. The van der Waals surface area contributed by atoms with E-state index in [4.69, 9.17) is 0 Å². The Balaban J connectivity index is 2.11. The third-order valence-electron chi connectivity index (χ3n) is 3.19. The lowest BCUT2D eigenvalue weighted by Crippen LogP contribution is -2.14. The van der Waals surface area contributed by atoms with Gasteiger partial charge in [0, 0.05) is 31.7 Å². The zero-order chi connectivity index (χ0) is 12.3. The summed E-state index contributed by atoms with van der Waals surface area (Å²) in [6.45, 7) is 3.07. The summed E-state index contributed by atoms with van der Waals surface area (Å²) in [6, 6.07) is 2.63. The first-order valence-electron chi connectivity index (χ1n) is 6.02. The third-order valence-corrected chi connectivity index (χ3v) is 3.19. The van der Waals surface area contributed by atoms with Gasteiger partial charge in [-0.15, -0.1) is 0 Å². The van der Waals surface area contributed by atoms with Gasteiger partial charge in [-0.25, -0.2) is 4.98 Å². The van der Waals surface area contributed by atoms with Gasteiger partial charge >= 0.3 is 0 Å². The summed E-state index contributed by atoms with van der Waals surface area (Å²) in [4.78, 5) is 4.13. The number of nitrogens with one attached hydrogen (secondary N) is 1. The van der Waals surface area contributed by atoms with Gasteiger partial charge in [-0.3, -0.25) is 0 Å². The number of hydrogen-bond acceptors (Lipinski definition) is 2. The molecule has 0 radical (unpaired) electrons. The molecule has 2 aromatic rings. The lowest BCUT2D eigenvalue weighted by molar-refractivity contribution is 0.575. The molecular formula is C13H20N4. The van der Waals surface area contributed by atoms with Crippen molar-refractivity contribution < 1.29 is 0 Å². The van der Waals surface area contributed by atoms with E-state index in [1.165, 1.54) is 11.3 Å². The van der Waals surface area contributed by atoms with E-state index in [1.54, 1.807) is 0 Å². The summed E-state index contributed by atoms with van der Waals surface area (Å²) in [5, 5.41) is 3.32. The van der Waals surface area contributed by atoms with E-state index >= 15 is 0 Å². The second-order valence-electron chi connectivity index (χ2n) is 4.36. The van der Waals surface area contributed by atoms with E-state index in [-0.39, 0.29) is 0 Å². The highest BCUT2D eigenvalue weighted by atomic mass is 15.1. The van der Waals surface area contributed by atoms with Gasteiger partial charge in [0.25, 0.3) is 0 Å². The molecule has 0 aliphatic heterocycles. The van der Waals surface area contributed by atoms with Crippen LogP contribution in [0.5, 0.6) is 0 Å². The van der Waals surface area contributed by atoms with E-state index in [0.717, 1.165) is 13.0 Å². The first-order chi connectivity index (χ1) is 8.24. The molecule has 2 aromatic heterocycles. The molecule has 4 nitrogen and oxygen atoms in total. The molecule has 2 rings (SSSR count). The van der Waals surface area contributed by atoms with Crippen molar-refractivity contribution in [1.29, 1.82) is 0 Å². The minimum Gasteiger partial charge on any atom is -0.348 e. The first-order valence-corrected chi connectivity index (χ1v) is 6.02. The number of rotatable bonds is 5. The Labute approximate surface area is 102 Å². The van der Waals surface area contributed by atoms with Crippen molar-refractivity contribution >= 4 is 0 Å². The molecule has 0 aromatic carbocycles. The van der Waals surface area contributed by atoms with E-state index in [9.17, 15) is 0 Å². The number of imidazole rings is 1. The molecule has 0 saturated heterocycles. The Morgan fingerprint density at radius 3 is 2.88 bits per heavy atom. The summed E-state index contributed by atoms with van der Waals surface area (Å²) in [7, 11) is 4.03. The molecule has 1 atom stereocenters. The lowest BCUT2D eigenvalue weighted by Gasteiger charge is -2.11. The SMILES string of the molecule is CCC(NC)c1ccn(Cc2cncn2C)c1. The number of nitrogens with zero attached hydrogens (tertiary/aromatic N) is 3. The van der Waals surface area contributed by atoms with Crippen molar-refractivity contribution in [3.8, 4) is 0 Å². The fourth-order valence-electron chi connectivity index (χ4n) is 2.09. The monoisotopic (exact) mass is 232 g/mol. The van der Waals surface area contributed by atoms with Crippen LogP contribution in [-0.2, 0) is 13.6 Å². The smallest absolute Gasteiger partial charge is 0.0946 e. The van der Waals surface area contributed by atoms with Crippen molar-refractivity contribution in [3.05, 3.63) is 42.2 Å². The van der Waals surface area contributed by atoms with Gasteiger partial charge in [-0.2, -0.15) is 0 Å². The summed E-state index contributed by atoms with van der Waals surface area (Å²) >= 11 is 0. The number of aromatic nitrogens is 3. The van der Waals surface area contributed by atoms with E-state index < -0.39 is 0 Å². The van der Waals surface area contributed by atoms with Crippen molar-refractivity contribution in [1.82, 2.24) is 19.4 Å². The van der Waals surface area contributed by atoms with Gasteiger partial charge in [0.1, 0.15) is 0 Å². The fraction of sp³-hybridized carbons (Fsp3) is 0.462. The van der Waals surface area contributed by atoms with Crippen LogP contribution in [0.3, 0.4) is 0 Å². The Kier molecular flexibility index (Phi) is 3.64. The molecule has 0 fully saturated rings. The minimum atomic E-state index is 0.447. The molecule has 0 saturated carbocycles. The van der Waals surface area contributed by atoms with E-state index in [2.05, 4.69) is 44.8 Å². The molecule has 0 amide bonds. The summed E-state index contributed by atoms with van der Waals surface area (Å²) in [6.07, 6.45) is 9.18. The summed E-state index contributed by atoms with van der Waals surface area (Å²) in [5.74, 6) is 0. The van der Waals surface area contributed by atoms with Crippen molar-refractivity contribution in [3.63, 3.8) is 0 Å². The van der Waals surface area contributed by atoms with E-state index in [0.29, 0.717) is 6.04 Å². The Bertz CT molecular complexity index is 465. The number of aryl methyl sites for hydroxylation is 1. The van der Waals surface area contributed by atoms with Gasteiger partial charge in [-0.1, -0.05) is 6.92 Å². The van der Waals surface area contributed by atoms with Crippen LogP contribution in [-0.4, -0.2) is 21.2 Å². The zero-order valence-corrected chi connectivity index (χ0v) is 10.7. The van der Waals surface area contributed by atoms with Crippen LogP contribution in [0.15, 0.2) is 31.0 Å². The molecule has 0 aliphatic carbocycles. The Hall–Kier alpha value is -1.55. The molecule has 1 N–H and O–H groups in total. The minimum absolute atomic E-state index is 0.447. The van der Waals surface area contributed by atoms with Gasteiger partial charge < -0.3 is 14.5 Å². The molecule has 17 heavy (non-hydrogen) atoms. The van der Waals surface area contributed by atoms with Crippen LogP contribution in [0.25, 0.3) is 0 Å². The molecule has 92 valence electrons. The molecule has 4 heteroatoms. The standard InChI is InChI=1S/C13H20N4/c1-4-13(14-2)11-5-6-17(8-11)9-12-7-15-10-16(12)3/h5-8,10,13-14H,4,9H2,1-3H3. The van der Waals surface area contributed by atoms with Crippen LogP contribution < -0.4 is 5.32 Å². The molecule has 0 bridgehead atoms. The lowest BCUT2D eigenvalue weighted by atomic mass is 10.1. The van der Waals surface area contributed by atoms with Crippen LogP contribution in [0.2, 0.25) is 0 Å². The molecule has 2 heterocycles. The maximum Gasteiger partial charge on any atom is 0.0946 e. The Morgan fingerprint density at radius 2 is 2.29 bits per heavy atom. The van der Waals surface area contributed by atoms with Crippen molar-refractivity contribution in [2.24, 2.45) is 7.05 Å². The maximum absolute atomic E-state index is 4.13. The highest BCUT2D eigenvalue weighted by Crippen LogP contribution is 2.16. The van der Waals surface area contributed by atoms with Crippen LogP contribution in [0, 0.1) is 0 Å². The van der Waals surface area contributed by atoms with Crippen molar-refractivity contribution in [2.75, 3.05) is 7.05 Å². The van der Waals surface area contributed by atoms with Crippen LogP contribution >= 0.6 is 0 Å². The molecule has 0 aliphatic rings. The zero-order valence-electron chi connectivity index (χ0n) is 10.7. The third kappa shape index (κ3) is 2.58. The molecule has 0 spiro atoms. The highest BCUT2D eigenvalue weighted by Gasteiger charge is 2.08. The fourth-order valence-corrected chi connectivity index (χ4v) is 2.09. The average Bonchev–Trinajstić information content (AvgIpc) is 2.92. The van der Waals surface area contributed by atoms with Gasteiger partial charge in [0.05, 0.1) is 18.6 Å². The predicted octanol–water partition coefficient (Wildman–Crippen LogP) is 1.94. The van der Waals surface area contributed by atoms with Crippen LogP contribution in [0.4, 0.5) is 0 Å². The average molecular weight is 232 g/mol. The van der Waals surface area contributed by atoms with Crippen molar-refractivity contribution in [2.45, 2.75) is 25.9 Å². The van der Waals surface area contributed by atoms with Gasteiger partial charge in [-0.05, 0) is 25.1 Å².